The number of nitrogens with one attached hydrogen (secondary N) is 1. The SMILES string of the molecule is COc1ccc(C(CNC(=O)Cn2cnc3c(cnn3C)c2=O)N2CCCC2)cc1. The van der Waals surface area contributed by atoms with Gasteiger partial charge in [-0.2, -0.15) is 5.10 Å². The number of aromatic nitrogens is 4. The van der Waals surface area contributed by atoms with Crippen LogP contribution in [0.2, 0.25) is 0 Å². The molecule has 9 heteroatoms. The highest BCUT2D eigenvalue weighted by atomic mass is 16.5. The van der Waals surface area contributed by atoms with Gasteiger partial charge >= 0.3 is 0 Å². The Bertz CT molecular complexity index is 1080. The first-order chi connectivity index (χ1) is 14.6. The summed E-state index contributed by atoms with van der Waals surface area (Å²) in [6.07, 6.45) is 5.19. The van der Waals surface area contributed by atoms with Gasteiger partial charge in [-0.1, -0.05) is 12.1 Å². The third-order valence-electron chi connectivity index (χ3n) is 5.61. The van der Waals surface area contributed by atoms with Crippen molar-refractivity contribution in [1.82, 2.24) is 29.5 Å². The van der Waals surface area contributed by atoms with Gasteiger partial charge in [0.1, 0.15) is 24.0 Å². The van der Waals surface area contributed by atoms with E-state index in [9.17, 15) is 9.59 Å². The second-order valence-electron chi connectivity index (χ2n) is 7.52. The number of benzene rings is 1. The number of nitrogens with zero attached hydrogens (tertiary/aromatic N) is 5. The number of carbonyl (C=O) groups excluding carboxylic acids is 1. The molecule has 0 aliphatic carbocycles. The Morgan fingerprint density at radius 1 is 1.23 bits per heavy atom. The van der Waals surface area contributed by atoms with Crippen LogP contribution in [0, 0.1) is 0 Å². The second kappa shape index (κ2) is 8.66. The molecule has 1 aliphatic heterocycles. The molecule has 1 fully saturated rings. The minimum absolute atomic E-state index is 0.0774. The van der Waals surface area contributed by atoms with Gasteiger partial charge < -0.3 is 10.1 Å². The Morgan fingerprint density at radius 2 is 1.97 bits per heavy atom. The first kappa shape index (κ1) is 20.1. The first-order valence-electron chi connectivity index (χ1n) is 10.1. The fourth-order valence-corrected chi connectivity index (χ4v) is 3.94. The molecule has 30 heavy (non-hydrogen) atoms. The van der Waals surface area contributed by atoms with Crippen LogP contribution in [-0.2, 0) is 18.4 Å². The van der Waals surface area contributed by atoms with Gasteiger partial charge in [0.05, 0.1) is 19.3 Å². The minimum atomic E-state index is -0.269. The third kappa shape index (κ3) is 4.06. The van der Waals surface area contributed by atoms with Crippen LogP contribution < -0.4 is 15.6 Å². The maximum absolute atomic E-state index is 12.6. The average molecular weight is 410 g/mol. The number of aryl methyl sites for hydroxylation is 1. The van der Waals surface area contributed by atoms with Crippen molar-refractivity contribution >= 4 is 16.9 Å². The molecule has 1 saturated heterocycles. The molecule has 1 aliphatic rings. The topological polar surface area (TPSA) is 94.3 Å². The highest BCUT2D eigenvalue weighted by Crippen LogP contribution is 2.26. The zero-order chi connectivity index (χ0) is 21.1. The van der Waals surface area contributed by atoms with Crippen LogP contribution in [0.4, 0.5) is 0 Å². The summed E-state index contributed by atoms with van der Waals surface area (Å²) in [5.41, 5.74) is 1.37. The van der Waals surface area contributed by atoms with E-state index in [4.69, 9.17) is 4.74 Å². The van der Waals surface area contributed by atoms with Crippen molar-refractivity contribution in [2.45, 2.75) is 25.4 Å². The zero-order valence-electron chi connectivity index (χ0n) is 17.2. The molecule has 0 spiro atoms. The molecule has 0 saturated carbocycles. The number of amides is 1. The van der Waals surface area contributed by atoms with Crippen molar-refractivity contribution in [2.75, 3.05) is 26.7 Å². The summed E-state index contributed by atoms with van der Waals surface area (Å²) in [6, 6.07) is 8.04. The minimum Gasteiger partial charge on any atom is -0.497 e. The number of hydrogen-bond acceptors (Lipinski definition) is 6. The van der Waals surface area contributed by atoms with Gasteiger partial charge in [-0.05, 0) is 43.6 Å². The van der Waals surface area contributed by atoms with E-state index in [1.807, 2.05) is 24.3 Å². The lowest BCUT2D eigenvalue weighted by Gasteiger charge is -2.28. The van der Waals surface area contributed by atoms with Crippen molar-refractivity contribution in [3.05, 3.63) is 52.7 Å². The van der Waals surface area contributed by atoms with E-state index in [2.05, 4.69) is 20.3 Å². The lowest BCUT2D eigenvalue weighted by atomic mass is 10.1. The standard InChI is InChI=1S/C21H26N6O3/c1-25-20-17(11-24-25)21(29)27(14-23-20)13-19(28)22-12-18(26-9-3-4-10-26)15-5-7-16(30-2)8-6-15/h5-8,11,14,18H,3-4,9-10,12-13H2,1-2H3,(H,22,28). The molecule has 0 bridgehead atoms. The maximum Gasteiger partial charge on any atom is 0.264 e. The van der Waals surface area contributed by atoms with E-state index < -0.39 is 0 Å². The van der Waals surface area contributed by atoms with Gasteiger partial charge in [-0.25, -0.2) is 4.98 Å². The maximum atomic E-state index is 12.6. The quantitative estimate of drug-likeness (QED) is 0.627. The van der Waals surface area contributed by atoms with Crippen molar-refractivity contribution in [1.29, 1.82) is 0 Å². The summed E-state index contributed by atoms with van der Waals surface area (Å²) in [5.74, 6) is 0.584. The lowest BCUT2D eigenvalue weighted by molar-refractivity contribution is -0.122. The van der Waals surface area contributed by atoms with E-state index >= 15 is 0 Å². The molecule has 2 aromatic heterocycles. The van der Waals surface area contributed by atoms with E-state index in [-0.39, 0.29) is 24.1 Å². The zero-order valence-corrected chi connectivity index (χ0v) is 17.2. The number of fused-ring (bicyclic) bond motifs is 1. The second-order valence-corrected chi connectivity index (χ2v) is 7.52. The van der Waals surface area contributed by atoms with Crippen molar-refractivity contribution in [3.8, 4) is 5.75 Å². The fourth-order valence-electron chi connectivity index (χ4n) is 3.94. The van der Waals surface area contributed by atoms with Crippen LogP contribution in [-0.4, -0.2) is 56.9 Å². The first-order valence-corrected chi connectivity index (χ1v) is 10.1. The molecule has 3 heterocycles. The van der Waals surface area contributed by atoms with Gasteiger partial charge in [-0.15, -0.1) is 0 Å². The number of ether oxygens (including phenoxy) is 1. The van der Waals surface area contributed by atoms with Gasteiger partial charge in [0, 0.05) is 13.6 Å². The van der Waals surface area contributed by atoms with Gasteiger partial charge in [-0.3, -0.25) is 23.7 Å². The van der Waals surface area contributed by atoms with Gasteiger partial charge in [0.2, 0.25) is 5.91 Å². The number of hydrogen-bond donors (Lipinski definition) is 1. The molecule has 1 atom stereocenters. The molecule has 158 valence electrons. The Morgan fingerprint density at radius 3 is 2.67 bits per heavy atom. The third-order valence-corrected chi connectivity index (χ3v) is 5.61. The molecular formula is C21H26N6O3. The molecule has 3 aromatic rings. The molecule has 1 amide bonds. The van der Waals surface area contributed by atoms with Crippen LogP contribution in [0.3, 0.4) is 0 Å². The summed E-state index contributed by atoms with van der Waals surface area (Å²) in [4.78, 5) is 31.8. The van der Waals surface area contributed by atoms with Crippen molar-refractivity contribution in [3.63, 3.8) is 0 Å². The number of carbonyl (C=O) groups is 1. The molecule has 9 nitrogen and oxygen atoms in total. The average Bonchev–Trinajstić information content (AvgIpc) is 3.41. The fraction of sp³-hybridized carbons (Fsp3) is 0.429. The number of rotatable bonds is 7. The Hall–Kier alpha value is -3.20. The molecule has 1 N–H and O–H groups in total. The molecule has 4 rings (SSSR count). The van der Waals surface area contributed by atoms with E-state index in [0.717, 1.165) is 37.2 Å². The lowest BCUT2D eigenvalue weighted by Crippen LogP contribution is -2.39. The highest BCUT2D eigenvalue weighted by molar-refractivity contribution is 5.77. The van der Waals surface area contributed by atoms with E-state index in [0.29, 0.717) is 17.6 Å². The molecular weight excluding hydrogens is 384 g/mol. The van der Waals surface area contributed by atoms with Gasteiger partial charge in [0.15, 0.2) is 5.65 Å². The van der Waals surface area contributed by atoms with Crippen LogP contribution >= 0.6 is 0 Å². The van der Waals surface area contributed by atoms with Gasteiger partial charge in [0.25, 0.3) is 5.56 Å². The van der Waals surface area contributed by atoms with E-state index in [1.54, 1.807) is 14.2 Å². The molecule has 0 radical (unpaired) electrons. The summed E-state index contributed by atoms with van der Waals surface area (Å²) in [6.45, 7) is 2.41. The molecule has 1 aromatic carbocycles. The summed E-state index contributed by atoms with van der Waals surface area (Å²) >= 11 is 0. The van der Waals surface area contributed by atoms with Crippen LogP contribution in [0.25, 0.3) is 11.0 Å². The Balaban J connectivity index is 1.45. The summed E-state index contributed by atoms with van der Waals surface area (Å²) in [7, 11) is 3.37. The highest BCUT2D eigenvalue weighted by Gasteiger charge is 2.24. The smallest absolute Gasteiger partial charge is 0.264 e. The number of likely N-dealkylation sites (tertiary alicyclic amines) is 1. The Kier molecular flexibility index (Phi) is 5.80. The number of methoxy groups -OCH3 is 1. The monoisotopic (exact) mass is 410 g/mol. The molecule has 1 unspecified atom stereocenters. The van der Waals surface area contributed by atoms with Crippen molar-refractivity contribution in [2.24, 2.45) is 7.05 Å². The normalized spacial score (nSPS) is 15.4. The van der Waals surface area contributed by atoms with Crippen LogP contribution in [0.1, 0.15) is 24.4 Å². The van der Waals surface area contributed by atoms with Crippen molar-refractivity contribution < 1.29 is 9.53 Å². The predicted octanol–water partition coefficient (Wildman–Crippen LogP) is 1.09. The van der Waals surface area contributed by atoms with E-state index in [1.165, 1.54) is 21.8 Å². The predicted molar refractivity (Wildman–Crippen MR) is 112 cm³/mol. The Labute approximate surface area is 174 Å². The largest absolute Gasteiger partial charge is 0.497 e. The van der Waals surface area contributed by atoms with Crippen LogP contribution in [0.5, 0.6) is 5.75 Å². The van der Waals surface area contributed by atoms with Crippen LogP contribution in [0.15, 0.2) is 41.6 Å². The summed E-state index contributed by atoms with van der Waals surface area (Å²) < 4.78 is 8.11. The summed E-state index contributed by atoms with van der Waals surface area (Å²) in [5, 5.41) is 7.45.